The van der Waals surface area contributed by atoms with Crippen molar-refractivity contribution in [3.63, 3.8) is 0 Å². The molecule has 7 atom stereocenters. The standard InChI is InChI=1S/C67H117NO10/c1-3-5-7-9-11-13-14-15-16-29-32-35-39-43-47-51-55-63(72)76-56-52-48-44-40-36-33-30-27-25-23-21-19-17-18-20-22-24-26-28-31-34-38-42-46-50-54-62(71)68-59(60(70)53-49-45-41-37-12-10-8-6-4-2)58-77-67-66(75)65(74)64(73)61(57-69)78-67/h4,6,12-14,16,18-21,29,37,49,53,59-61,64-67,69-70,73-75H,3,5,7-11,15,17,22-28,30-36,38-48,50-52,54-58H2,1-2H3,(H,68,71)/b6-4+,14-13-,20-18-,21-19-,29-16-,37-12+,53-49+. The molecule has 0 saturated carbocycles. The highest BCUT2D eigenvalue weighted by Gasteiger charge is 2.44. The second kappa shape index (κ2) is 55.7. The van der Waals surface area contributed by atoms with Gasteiger partial charge >= 0.3 is 5.97 Å². The summed E-state index contributed by atoms with van der Waals surface area (Å²) in [5.74, 6) is -0.224. The van der Waals surface area contributed by atoms with E-state index in [0.29, 0.717) is 25.9 Å². The molecule has 1 rings (SSSR count). The summed E-state index contributed by atoms with van der Waals surface area (Å²) in [5, 5.41) is 54.1. The van der Waals surface area contributed by atoms with Crippen LogP contribution in [0.25, 0.3) is 0 Å². The van der Waals surface area contributed by atoms with Crippen molar-refractivity contribution in [2.75, 3.05) is 19.8 Å². The van der Waals surface area contributed by atoms with Crippen molar-refractivity contribution in [3.8, 4) is 0 Å². The number of rotatable bonds is 54. The number of unbranched alkanes of at least 4 members (excludes halogenated alkanes) is 29. The van der Waals surface area contributed by atoms with E-state index in [1.807, 2.05) is 19.1 Å². The monoisotopic (exact) mass is 1100 g/mol. The number of aliphatic hydroxyl groups is 5. The third kappa shape index (κ3) is 44.6. The minimum Gasteiger partial charge on any atom is -0.466 e. The maximum absolute atomic E-state index is 13.0. The lowest BCUT2D eigenvalue weighted by atomic mass is 9.99. The number of amides is 1. The zero-order valence-corrected chi connectivity index (χ0v) is 49.6. The first kappa shape index (κ1) is 72.9. The van der Waals surface area contributed by atoms with Crippen LogP contribution in [0.5, 0.6) is 0 Å². The number of hydrogen-bond acceptors (Lipinski definition) is 10. The fourth-order valence-corrected chi connectivity index (χ4v) is 9.47. The first-order chi connectivity index (χ1) is 38.2. The molecule has 1 fully saturated rings. The highest BCUT2D eigenvalue weighted by Crippen LogP contribution is 2.23. The maximum Gasteiger partial charge on any atom is 0.305 e. The summed E-state index contributed by atoms with van der Waals surface area (Å²) in [5.41, 5.74) is 0. The molecule has 0 aromatic rings. The average Bonchev–Trinajstić information content (AvgIpc) is 3.44. The normalized spacial score (nSPS) is 19.1. The second-order valence-corrected chi connectivity index (χ2v) is 21.7. The zero-order chi connectivity index (χ0) is 56.6. The smallest absolute Gasteiger partial charge is 0.305 e. The average molecular weight is 1100 g/mol. The largest absolute Gasteiger partial charge is 0.466 e. The van der Waals surface area contributed by atoms with Gasteiger partial charge in [0, 0.05) is 12.8 Å². The van der Waals surface area contributed by atoms with Crippen molar-refractivity contribution >= 4 is 11.9 Å². The van der Waals surface area contributed by atoms with Gasteiger partial charge in [0.2, 0.25) is 5.91 Å². The number of hydrogen-bond donors (Lipinski definition) is 6. The molecule has 1 heterocycles. The Labute approximate surface area is 476 Å². The van der Waals surface area contributed by atoms with Crippen molar-refractivity contribution in [1.29, 1.82) is 0 Å². The van der Waals surface area contributed by atoms with Crippen LogP contribution >= 0.6 is 0 Å². The molecule has 0 aromatic carbocycles. The minimum absolute atomic E-state index is 0.0169. The number of carbonyl (C=O) groups excluding carboxylic acids is 2. The van der Waals surface area contributed by atoms with Crippen molar-refractivity contribution in [3.05, 3.63) is 85.1 Å². The lowest BCUT2D eigenvalue weighted by Gasteiger charge is -2.40. The van der Waals surface area contributed by atoms with Crippen LogP contribution in [0.1, 0.15) is 264 Å². The van der Waals surface area contributed by atoms with Gasteiger partial charge in [-0.1, -0.05) is 220 Å². The van der Waals surface area contributed by atoms with Crippen molar-refractivity contribution in [2.24, 2.45) is 0 Å². The molecular weight excluding hydrogens is 979 g/mol. The Hall–Kier alpha value is -3.16. The third-order valence-corrected chi connectivity index (χ3v) is 14.5. The van der Waals surface area contributed by atoms with E-state index in [0.717, 1.165) is 96.3 Å². The summed E-state index contributed by atoms with van der Waals surface area (Å²) in [6, 6.07) is -0.840. The molecular formula is C67H117NO10. The molecule has 6 N–H and O–H groups in total. The first-order valence-corrected chi connectivity index (χ1v) is 31.8. The molecule has 0 aromatic heterocycles. The van der Waals surface area contributed by atoms with E-state index < -0.39 is 49.5 Å². The fourth-order valence-electron chi connectivity index (χ4n) is 9.47. The molecule has 1 saturated heterocycles. The van der Waals surface area contributed by atoms with Crippen molar-refractivity contribution < 1.29 is 49.3 Å². The quantitative estimate of drug-likeness (QED) is 0.0195. The van der Waals surface area contributed by atoms with Gasteiger partial charge < -0.3 is 45.1 Å². The summed E-state index contributed by atoms with van der Waals surface area (Å²) < 4.78 is 16.7. The van der Waals surface area contributed by atoms with Crippen LogP contribution < -0.4 is 5.32 Å². The molecule has 450 valence electrons. The van der Waals surface area contributed by atoms with Gasteiger partial charge in [0.05, 0.1) is 32.0 Å². The second-order valence-electron chi connectivity index (χ2n) is 21.7. The topological polar surface area (TPSA) is 175 Å². The number of carbonyl (C=O) groups is 2. The van der Waals surface area contributed by atoms with Crippen molar-refractivity contribution in [1.82, 2.24) is 5.32 Å². The SMILES string of the molecule is C/C=C/CC/C=C/CC/C=C/C(O)C(COC1OC(CO)C(O)C(O)C1O)NC(=O)CCCCCCCCCCC/C=C\C/C=C\CCCCCCCCCCCOC(=O)CCCCCCC/C=C\C/C=C\CCCCCC. The summed E-state index contributed by atoms with van der Waals surface area (Å²) in [6.45, 7) is 4.05. The third-order valence-electron chi connectivity index (χ3n) is 14.5. The lowest BCUT2D eigenvalue weighted by molar-refractivity contribution is -0.302. The number of allylic oxidation sites excluding steroid dienone is 13. The molecule has 1 amide bonds. The van der Waals surface area contributed by atoms with E-state index in [4.69, 9.17) is 14.2 Å². The van der Waals surface area contributed by atoms with E-state index in [1.165, 1.54) is 135 Å². The van der Waals surface area contributed by atoms with E-state index in [2.05, 4.69) is 79.1 Å². The van der Waals surface area contributed by atoms with Crippen LogP contribution in [-0.2, 0) is 23.8 Å². The van der Waals surface area contributed by atoms with Crippen LogP contribution in [0, 0.1) is 0 Å². The molecule has 0 aliphatic carbocycles. The van der Waals surface area contributed by atoms with Gasteiger partial charge in [0.15, 0.2) is 6.29 Å². The molecule has 11 nitrogen and oxygen atoms in total. The maximum atomic E-state index is 13.0. The van der Waals surface area contributed by atoms with Crippen molar-refractivity contribution in [2.45, 2.75) is 307 Å². The first-order valence-electron chi connectivity index (χ1n) is 31.8. The minimum atomic E-state index is -1.58. The number of aliphatic hydroxyl groups excluding tert-OH is 5. The Kier molecular flexibility index (Phi) is 52.1. The molecule has 11 heteroatoms. The number of esters is 1. The molecule has 7 unspecified atom stereocenters. The Morgan fingerprint density at radius 2 is 0.923 bits per heavy atom. The Morgan fingerprint density at radius 3 is 1.41 bits per heavy atom. The zero-order valence-electron chi connectivity index (χ0n) is 49.6. The Morgan fingerprint density at radius 1 is 0.500 bits per heavy atom. The predicted octanol–water partition coefficient (Wildman–Crippen LogP) is 15.3. The Bertz CT molecular complexity index is 1570. The van der Waals surface area contributed by atoms with Gasteiger partial charge in [0.1, 0.15) is 24.4 Å². The summed E-state index contributed by atoms with van der Waals surface area (Å²) in [7, 11) is 0. The van der Waals surface area contributed by atoms with Crippen LogP contribution in [-0.4, -0.2) is 100 Å². The number of ether oxygens (including phenoxy) is 3. The highest BCUT2D eigenvalue weighted by atomic mass is 16.7. The van der Waals surface area contributed by atoms with Gasteiger partial charge in [-0.05, 0) is 116 Å². The van der Waals surface area contributed by atoms with Gasteiger partial charge in [-0.3, -0.25) is 9.59 Å². The summed E-state index contributed by atoms with van der Waals surface area (Å²) in [6.07, 6.45) is 65.8. The van der Waals surface area contributed by atoms with Gasteiger partial charge in [-0.25, -0.2) is 0 Å². The molecule has 1 aliphatic heterocycles. The highest BCUT2D eigenvalue weighted by molar-refractivity contribution is 5.76. The van der Waals surface area contributed by atoms with Crippen LogP contribution in [0.2, 0.25) is 0 Å². The van der Waals surface area contributed by atoms with Gasteiger partial charge in [0.25, 0.3) is 0 Å². The van der Waals surface area contributed by atoms with E-state index in [-0.39, 0.29) is 18.5 Å². The summed E-state index contributed by atoms with van der Waals surface area (Å²) >= 11 is 0. The van der Waals surface area contributed by atoms with Crippen LogP contribution in [0.15, 0.2) is 85.1 Å². The van der Waals surface area contributed by atoms with Crippen LogP contribution in [0.3, 0.4) is 0 Å². The fraction of sp³-hybridized carbons (Fsp3) is 0.761. The van der Waals surface area contributed by atoms with Gasteiger partial charge in [-0.2, -0.15) is 0 Å². The lowest BCUT2D eigenvalue weighted by Crippen LogP contribution is -2.60. The summed E-state index contributed by atoms with van der Waals surface area (Å²) in [4.78, 5) is 25.1. The molecule has 1 aliphatic rings. The van der Waals surface area contributed by atoms with E-state index in [9.17, 15) is 35.1 Å². The van der Waals surface area contributed by atoms with Crippen LogP contribution in [0.4, 0.5) is 0 Å². The molecule has 0 spiro atoms. The predicted molar refractivity (Wildman–Crippen MR) is 324 cm³/mol. The number of nitrogens with one attached hydrogen (secondary N) is 1. The molecule has 0 radical (unpaired) electrons. The van der Waals surface area contributed by atoms with E-state index in [1.54, 1.807) is 6.08 Å². The molecule has 0 bridgehead atoms. The van der Waals surface area contributed by atoms with E-state index >= 15 is 0 Å². The van der Waals surface area contributed by atoms with Gasteiger partial charge in [-0.15, -0.1) is 0 Å². The Balaban J connectivity index is 1.99. The molecule has 78 heavy (non-hydrogen) atoms.